The minimum atomic E-state index is 0. The second-order valence-electron chi connectivity index (χ2n) is 9.50. The lowest BCUT2D eigenvalue weighted by molar-refractivity contribution is -0.610. The molecule has 0 saturated carbocycles. The van der Waals surface area contributed by atoms with Gasteiger partial charge in [0.25, 0.3) is 0 Å². The van der Waals surface area contributed by atoms with Crippen molar-refractivity contribution < 1.29 is 21.5 Å². The van der Waals surface area contributed by atoms with Crippen LogP contribution in [0.15, 0.2) is 48.8 Å². The van der Waals surface area contributed by atoms with Crippen LogP contribution in [0.1, 0.15) is 101 Å². The normalized spacial score (nSPS) is 11.6. The van der Waals surface area contributed by atoms with Gasteiger partial charge in [-0.1, -0.05) is 91.8 Å². The molecule has 0 aliphatic heterocycles. The zero-order valence-electron chi connectivity index (χ0n) is 20.1. The summed E-state index contributed by atoms with van der Waals surface area (Å²) in [6.07, 6.45) is 4.49. The van der Waals surface area contributed by atoms with Gasteiger partial charge in [0.2, 0.25) is 0 Å². The van der Waals surface area contributed by atoms with Gasteiger partial charge in [-0.25, -0.2) is 0 Å². The molecule has 0 bridgehead atoms. The highest BCUT2D eigenvalue weighted by Gasteiger charge is 2.28. The Morgan fingerprint density at radius 1 is 0.677 bits per heavy atom. The fourth-order valence-electron chi connectivity index (χ4n) is 4.29. The van der Waals surface area contributed by atoms with Crippen molar-refractivity contribution in [2.45, 2.75) is 79.1 Å². The van der Waals surface area contributed by atoms with E-state index in [1.165, 1.54) is 37.5 Å². The summed E-state index contributed by atoms with van der Waals surface area (Å²) in [6.45, 7) is 18.3. The average Bonchev–Trinajstić information content (AvgIpc) is 3.07. The first-order valence-corrected chi connectivity index (χ1v) is 12.3. The standard InChI is InChI=1S/C27H36IN2.BrH/c1-17(2)21-11-9-12-22(18(3)4)25(21)29-15-16-30(27(29)28)26-23(19(5)6)13-10-14-24(26)20(7)8;/h9-20H,1-8H3;1H/q+1;/p-1. The minimum Gasteiger partial charge on any atom is -1.00 e. The zero-order chi connectivity index (χ0) is 22.2. The number of hydrogen-bond donors (Lipinski definition) is 0. The Labute approximate surface area is 213 Å². The van der Waals surface area contributed by atoms with E-state index >= 15 is 0 Å². The number of hydrogen-bond acceptors (Lipinski definition) is 0. The van der Waals surface area contributed by atoms with E-state index < -0.39 is 0 Å². The smallest absolute Gasteiger partial charge is 0.327 e. The van der Waals surface area contributed by atoms with E-state index in [-0.39, 0.29) is 17.0 Å². The zero-order valence-corrected chi connectivity index (χ0v) is 23.8. The van der Waals surface area contributed by atoms with Gasteiger partial charge in [-0.3, -0.25) is 0 Å². The van der Waals surface area contributed by atoms with Crippen LogP contribution < -0.4 is 21.5 Å². The van der Waals surface area contributed by atoms with E-state index in [4.69, 9.17) is 0 Å². The van der Waals surface area contributed by atoms with Gasteiger partial charge in [0, 0.05) is 22.3 Å². The SMILES string of the molecule is CC(C)c1cccc(C(C)C)c1-n1cc[n+](-c2c(C(C)C)cccc2C(C)C)c1I.[Br-]. The molecule has 0 fully saturated rings. The largest absolute Gasteiger partial charge is 1.00 e. The topological polar surface area (TPSA) is 8.81 Å². The van der Waals surface area contributed by atoms with Crippen molar-refractivity contribution in [2.75, 3.05) is 0 Å². The van der Waals surface area contributed by atoms with Crippen molar-refractivity contribution in [3.8, 4) is 11.4 Å². The summed E-state index contributed by atoms with van der Waals surface area (Å²) in [6, 6.07) is 13.6. The molecule has 0 N–H and O–H groups in total. The summed E-state index contributed by atoms with van der Waals surface area (Å²) in [4.78, 5) is 0. The average molecular weight is 595 g/mol. The molecule has 1 heterocycles. The van der Waals surface area contributed by atoms with Crippen LogP contribution in [0.25, 0.3) is 11.4 Å². The first kappa shape index (κ1) is 26.1. The first-order valence-electron chi connectivity index (χ1n) is 11.2. The van der Waals surface area contributed by atoms with Crippen molar-refractivity contribution in [2.24, 2.45) is 0 Å². The third kappa shape index (κ3) is 5.11. The molecule has 2 aromatic carbocycles. The van der Waals surface area contributed by atoms with Crippen LogP contribution in [-0.2, 0) is 0 Å². The van der Waals surface area contributed by atoms with E-state index in [9.17, 15) is 0 Å². The van der Waals surface area contributed by atoms with Gasteiger partial charge in [0.1, 0.15) is 23.8 Å². The maximum atomic E-state index is 2.53. The lowest BCUT2D eigenvalue weighted by atomic mass is 9.92. The highest BCUT2D eigenvalue weighted by molar-refractivity contribution is 14.1. The Hall–Kier alpha value is -1.14. The van der Waals surface area contributed by atoms with Crippen LogP contribution in [0.5, 0.6) is 0 Å². The summed E-state index contributed by atoms with van der Waals surface area (Å²) in [5.41, 5.74) is 8.31. The third-order valence-corrected chi connectivity index (χ3v) is 6.97. The Morgan fingerprint density at radius 2 is 1.06 bits per heavy atom. The fourth-order valence-corrected chi connectivity index (χ4v) is 5.09. The molecule has 0 aliphatic rings. The molecule has 31 heavy (non-hydrogen) atoms. The van der Waals surface area contributed by atoms with Gasteiger partial charge in [0.05, 0.1) is 22.6 Å². The molecule has 0 saturated heterocycles. The van der Waals surface area contributed by atoms with Crippen molar-refractivity contribution in [1.82, 2.24) is 4.57 Å². The fraction of sp³-hybridized carbons (Fsp3) is 0.444. The summed E-state index contributed by atoms with van der Waals surface area (Å²) in [5, 5.41) is 0. The predicted molar refractivity (Wildman–Crippen MR) is 136 cm³/mol. The maximum Gasteiger partial charge on any atom is 0.327 e. The summed E-state index contributed by atoms with van der Waals surface area (Å²) >= 11 is 2.53. The molecule has 0 amide bonds. The molecule has 4 heteroatoms. The van der Waals surface area contributed by atoms with Crippen molar-refractivity contribution in [3.05, 3.63) is 74.9 Å². The molecule has 0 radical (unpaired) electrons. The first-order chi connectivity index (χ1) is 14.1. The highest BCUT2D eigenvalue weighted by atomic mass is 127. The molecule has 0 atom stereocenters. The monoisotopic (exact) mass is 594 g/mol. The molecule has 3 rings (SSSR count). The summed E-state index contributed by atoms with van der Waals surface area (Å²) < 4.78 is 6.01. The van der Waals surface area contributed by atoms with Gasteiger partial charge < -0.3 is 17.0 Å². The molecular weight excluding hydrogens is 559 g/mol. The van der Waals surface area contributed by atoms with E-state index in [2.05, 4.69) is 136 Å². The van der Waals surface area contributed by atoms with Crippen LogP contribution in [-0.4, -0.2) is 4.57 Å². The Bertz CT molecular complexity index is 898. The van der Waals surface area contributed by atoms with E-state index in [0.29, 0.717) is 23.7 Å². The highest BCUT2D eigenvalue weighted by Crippen LogP contribution is 2.33. The molecule has 0 aliphatic carbocycles. The van der Waals surface area contributed by atoms with E-state index in [0.717, 1.165) is 0 Å². The molecule has 0 unspecified atom stereocenters. The van der Waals surface area contributed by atoms with Crippen molar-refractivity contribution in [1.29, 1.82) is 0 Å². The quantitative estimate of drug-likeness (QED) is 0.285. The number of para-hydroxylation sites is 2. The molecular formula is C27H36BrIN2. The Morgan fingerprint density at radius 3 is 1.45 bits per heavy atom. The number of rotatable bonds is 6. The van der Waals surface area contributed by atoms with Gasteiger partial charge >= 0.3 is 3.83 Å². The molecule has 168 valence electrons. The van der Waals surface area contributed by atoms with Crippen LogP contribution in [0, 0.1) is 3.83 Å². The molecule has 0 spiro atoms. The molecule has 3 aromatic rings. The third-order valence-electron chi connectivity index (χ3n) is 5.93. The lowest BCUT2D eigenvalue weighted by Crippen LogP contribution is -3.00. The van der Waals surface area contributed by atoms with E-state index in [1.54, 1.807) is 0 Å². The van der Waals surface area contributed by atoms with Crippen LogP contribution in [0.4, 0.5) is 0 Å². The number of halogens is 2. The summed E-state index contributed by atoms with van der Waals surface area (Å²) in [5.74, 6) is 1.89. The van der Waals surface area contributed by atoms with Crippen molar-refractivity contribution >= 4 is 22.6 Å². The Kier molecular flexibility index (Phi) is 8.97. The van der Waals surface area contributed by atoms with Crippen LogP contribution >= 0.6 is 22.6 Å². The van der Waals surface area contributed by atoms with Crippen LogP contribution in [0.2, 0.25) is 0 Å². The number of benzene rings is 2. The maximum absolute atomic E-state index is 2.53. The van der Waals surface area contributed by atoms with Crippen LogP contribution in [0.3, 0.4) is 0 Å². The van der Waals surface area contributed by atoms with E-state index in [1.807, 2.05) is 0 Å². The number of nitrogens with zero attached hydrogens (tertiary/aromatic N) is 2. The molecule has 2 nitrogen and oxygen atoms in total. The van der Waals surface area contributed by atoms with Crippen molar-refractivity contribution in [3.63, 3.8) is 0 Å². The van der Waals surface area contributed by atoms with Gasteiger partial charge in [-0.2, -0.15) is 9.13 Å². The minimum absolute atomic E-state index is 0. The Balaban J connectivity index is 0.00000341. The van der Waals surface area contributed by atoms with Gasteiger partial charge in [0.15, 0.2) is 0 Å². The second-order valence-corrected chi connectivity index (χ2v) is 10.5. The predicted octanol–water partition coefficient (Wildman–Crippen LogP) is 4.86. The summed E-state index contributed by atoms with van der Waals surface area (Å²) in [7, 11) is 0. The molecule has 1 aromatic heterocycles. The van der Waals surface area contributed by atoms with Gasteiger partial charge in [-0.15, -0.1) is 0 Å². The second kappa shape index (κ2) is 10.7. The number of imidazole rings is 1. The van der Waals surface area contributed by atoms with Gasteiger partial charge in [-0.05, 0) is 23.7 Å². The lowest BCUT2D eigenvalue weighted by Gasteiger charge is -2.18. The number of aromatic nitrogens is 2.